The Labute approximate surface area is 155 Å². The molecule has 3 rings (SSSR count). The number of aromatic nitrogens is 2. The molecule has 1 aromatic rings. The summed E-state index contributed by atoms with van der Waals surface area (Å²) in [5.74, 6) is 0.139. The van der Waals surface area contributed by atoms with E-state index in [1.807, 2.05) is 31.6 Å². The lowest BCUT2D eigenvalue weighted by molar-refractivity contribution is 0.00885. The average Bonchev–Trinajstić information content (AvgIpc) is 2.90. The first-order chi connectivity index (χ1) is 11.9. The number of piperidine rings is 1. The summed E-state index contributed by atoms with van der Waals surface area (Å²) >= 11 is 0. The Kier molecular flexibility index (Phi) is 4.44. The van der Waals surface area contributed by atoms with Gasteiger partial charge in [0.05, 0.1) is 5.54 Å². The van der Waals surface area contributed by atoms with Crippen molar-refractivity contribution in [2.45, 2.75) is 78.4 Å². The maximum atomic E-state index is 12.7. The standard InChI is InChI=1S/C20H31N3O3/c1-18(2,3)23-13-14-11-20(12-15(24)16(14)21-23)7-9-22(10-8-20)17(25)26-19(4,5)6/h13H,7-12H2,1-6H3. The smallest absolute Gasteiger partial charge is 0.410 e. The number of fused-ring (bicyclic) bond motifs is 1. The van der Waals surface area contributed by atoms with Gasteiger partial charge >= 0.3 is 6.09 Å². The second-order valence-corrected chi connectivity index (χ2v) is 9.86. The first-order valence-electron chi connectivity index (χ1n) is 9.49. The molecule has 6 nitrogen and oxygen atoms in total. The van der Waals surface area contributed by atoms with Crippen molar-refractivity contribution in [3.63, 3.8) is 0 Å². The summed E-state index contributed by atoms with van der Waals surface area (Å²) in [6.07, 6.45) is 4.84. The molecule has 1 aromatic heterocycles. The zero-order valence-corrected chi connectivity index (χ0v) is 16.9. The quantitative estimate of drug-likeness (QED) is 0.705. The number of hydrogen-bond donors (Lipinski definition) is 0. The average molecular weight is 361 g/mol. The Morgan fingerprint density at radius 3 is 2.27 bits per heavy atom. The lowest BCUT2D eigenvalue weighted by atomic mass is 9.67. The number of rotatable bonds is 0. The van der Waals surface area contributed by atoms with Gasteiger partial charge in [-0.2, -0.15) is 5.10 Å². The molecule has 0 N–H and O–H groups in total. The second kappa shape index (κ2) is 6.10. The van der Waals surface area contributed by atoms with Crippen molar-refractivity contribution in [1.29, 1.82) is 0 Å². The van der Waals surface area contributed by atoms with Crippen LogP contribution in [0.2, 0.25) is 0 Å². The third-order valence-corrected chi connectivity index (χ3v) is 5.32. The maximum Gasteiger partial charge on any atom is 0.410 e. The number of hydrogen-bond acceptors (Lipinski definition) is 4. The van der Waals surface area contributed by atoms with Gasteiger partial charge in [0.25, 0.3) is 0 Å². The van der Waals surface area contributed by atoms with Gasteiger partial charge in [0.1, 0.15) is 11.3 Å². The van der Waals surface area contributed by atoms with Crippen molar-refractivity contribution in [3.8, 4) is 0 Å². The van der Waals surface area contributed by atoms with Crippen molar-refractivity contribution >= 4 is 11.9 Å². The third kappa shape index (κ3) is 3.79. The van der Waals surface area contributed by atoms with Gasteiger partial charge in [0.2, 0.25) is 0 Å². The van der Waals surface area contributed by atoms with Crippen LogP contribution in [0.15, 0.2) is 6.20 Å². The van der Waals surface area contributed by atoms with Crippen LogP contribution in [-0.2, 0) is 16.7 Å². The van der Waals surface area contributed by atoms with E-state index in [1.54, 1.807) is 4.90 Å². The summed E-state index contributed by atoms with van der Waals surface area (Å²) in [6.45, 7) is 13.2. The lowest BCUT2D eigenvalue weighted by Gasteiger charge is -2.43. The first kappa shape index (κ1) is 18.9. The zero-order chi connectivity index (χ0) is 19.3. The van der Waals surface area contributed by atoms with Crippen LogP contribution >= 0.6 is 0 Å². The minimum absolute atomic E-state index is 0.0473. The highest BCUT2D eigenvalue weighted by Crippen LogP contribution is 2.43. The molecule has 2 aliphatic rings. The molecule has 26 heavy (non-hydrogen) atoms. The topological polar surface area (TPSA) is 64.4 Å². The Balaban J connectivity index is 1.71. The monoisotopic (exact) mass is 361 g/mol. The van der Waals surface area contributed by atoms with Crippen LogP contribution in [0.4, 0.5) is 4.79 Å². The summed E-state index contributed by atoms with van der Waals surface area (Å²) in [5.41, 5.74) is 1.03. The minimum atomic E-state index is -0.483. The highest BCUT2D eigenvalue weighted by molar-refractivity contribution is 5.97. The molecule has 0 aromatic carbocycles. The lowest BCUT2D eigenvalue weighted by Crippen LogP contribution is -2.47. The predicted octanol–water partition coefficient (Wildman–Crippen LogP) is 3.78. The van der Waals surface area contributed by atoms with Crippen LogP contribution in [0.1, 0.15) is 76.9 Å². The van der Waals surface area contributed by atoms with Gasteiger partial charge in [-0.3, -0.25) is 9.48 Å². The third-order valence-electron chi connectivity index (χ3n) is 5.32. The Morgan fingerprint density at radius 1 is 1.12 bits per heavy atom. The molecule has 0 saturated carbocycles. The predicted molar refractivity (Wildman–Crippen MR) is 99.3 cm³/mol. The SMILES string of the molecule is CC(C)(C)OC(=O)N1CCC2(CC1)CC(=O)c1nn(C(C)(C)C)cc1C2. The molecule has 1 fully saturated rings. The summed E-state index contributed by atoms with van der Waals surface area (Å²) in [7, 11) is 0. The highest BCUT2D eigenvalue weighted by Gasteiger charge is 2.43. The van der Waals surface area contributed by atoms with Gasteiger partial charge < -0.3 is 9.64 Å². The molecule has 1 spiro atoms. The number of ether oxygens (including phenoxy) is 1. The van der Waals surface area contributed by atoms with Crippen molar-refractivity contribution in [2.75, 3.05) is 13.1 Å². The summed E-state index contributed by atoms with van der Waals surface area (Å²) in [4.78, 5) is 26.8. The van der Waals surface area contributed by atoms with Gasteiger partial charge in [-0.25, -0.2) is 4.79 Å². The molecule has 1 aliphatic carbocycles. The molecule has 0 radical (unpaired) electrons. The fourth-order valence-corrected chi connectivity index (χ4v) is 3.85. The Hall–Kier alpha value is -1.85. The molecule has 0 unspecified atom stereocenters. The molecule has 1 amide bonds. The molecule has 2 heterocycles. The normalized spacial score (nSPS) is 20.2. The van der Waals surface area contributed by atoms with E-state index in [0.29, 0.717) is 25.2 Å². The number of carbonyl (C=O) groups excluding carboxylic acids is 2. The van der Waals surface area contributed by atoms with Gasteiger partial charge in [0.15, 0.2) is 5.78 Å². The van der Waals surface area contributed by atoms with E-state index in [4.69, 9.17) is 4.74 Å². The Morgan fingerprint density at radius 2 is 1.73 bits per heavy atom. The van der Waals surface area contributed by atoms with E-state index >= 15 is 0 Å². The van der Waals surface area contributed by atoms with Crippen molar-refractivity contribution in [3.05, 3.63) is 17.5 Å². The van der Waals surface area contributed by atoms with E-state index in [9.17, 15) is 9.59 Å². The van der Waals surface area contributed by atoms with Gasteiger partial charge in [-0.05, 0) is 66.2 Å². The van der Waals surface area contributed by atoms with E-state index < -0.39 is 5.60 Å². The molecular formula is C20H31N3O3. The Bertz CT molecular complexity index is 714. The molecule has 1 saturated heterocycles. The summed E-state index contributed by atoms with van der Waals surface area (Å²) in [6, 6.07) is 0. The van der Waals surface area contributed by atoms with Crippen LogP contribution < -0.4 is 0 Å². The molecule has 0 atom stereocenters. The van der Waals surface area contributed by atoms with E-state index in [1.165, 1.54) is 0 Å². The van der Waals surface area contributed by atoms with Gasteiger partial charge in [0, 0.05) is 31.3 Å². The molecule has 6 heteroatoms. The highest BCUT2D eigenvalue weighted by atomic mass is 16.6. The van der Waals surface area contributed by atoms with Crippen LogP contribution in [0.3, 0.4) is 0 Å². The number of carbonyl (C=O) groups is 2. The zero-order valence-electron chi connectivity index (χ0n) is 16.9. The summed E-state index contributed by atoms with van der Waals surface area (Å²) < 4.78 is 7.38. The number of Topliss-reactive ketones (excluding diaryl/α,β-unsaturated/α-hetero) is 1. The van der Waals surface area contributed by atoms with Gasteiger partial charge in [-0.15, -0.1) is 0 Å². The number of nitrogens with zero attached hydrogens (tertiary/aromatic N) is 3. The van der Waals surface area contributed by atoms with E-state index in [2.05, 4.69) is 25.9 Å². The first-order valence-corrected chi connectivity index (χ1v) is 9.49. The second-order valence-electron chi connectivity index (χ2n) is 9.86. The van der Waals surface area contributed by atoms with E-state index in [0.717, 1.165) is 24.8 Å². The molecular weight excluding hydrogens is 330 g/mol. The maximum absolute atomic E-state index is 12.7. The van der Waals surface area contributed by atoms with Crippen LogP contribution in [-0.4, -0.2) is 45.2 Å². The summed E-state index contributed by atoms with van der Waals surface area (Å²) in [5, 5.41) is 4.55. The van der Waals surface area contributed by atoms with Crippen molar-refractivity contribution in [2.24, 2.45) is 5.41 Å². The van der Waals surface area contributed by atoms with E-state index in [-0.39, 0.29) is 22.8 Å². The fourth-order valence-electron chi connectivity index (χ4n) is 3.85. The number of amides is 1. The number of likely N-dealkylation sites (tertiary alicyclic amines) is 1. The minimum Gasteiger partial charge on any atom is -0.444 e. The molecule has 0 bridgehead atoms. The molecule has 144 valence electrons. The van der Waals surface area contributed by atoms with Crippen molar-refractivity contribution < 1.29 is 14.3 Å². The van der Waals surface area contributed by atoms with Crippen LogP contribution in [0, 0.1) is 5.41 Å². The van der Waals surface area contributed by atoms with Gasteiger partial charge in [-0.1, -0.05) is 0 Å². The van der Waals surface area contributed by atoms with Crippen molar-refractivity contribution in [1.82, 2.24) is 14.7 Å². The molecule has 1 aliphatic heterocycles. The fraction of sp³-hybridized carbons (Fsp3) is 0.750. The van der Waals surface area contributed by atoms with Crippen LogP contribution in [0.25, 0.3) is 0 Å². The van der Waals surface area contributed by atoms with Crippen LogP contribution in [0.5, 0.6) is 0 Å². The number of ketones is 1. The largest absolute Gasteiger partial charge is 0.444 e.